The van der Waals surface area contributed by atoms with Gasteiger partial charge in [0.15, 0.2) is 0 Å². The van der Waals surface area contributed by atoms with Crippen LogP contribution in [0.1, 0.15) is 38.2 Å². The summed E-state index contributed by atoms with van der Waals surface area (Å²) in [7, 11) is 0. The van der Waals surface area contributed by atoms with Gasteiger partial charge < -0.3 is 10.4 Å². The van der Waals surface area contributed by atoms with Gasteiger partial charge in [-0.05, 0) is 24.5 Å². The van der Waals surface area contributed by atoms with E-state index in [9.17, 15) is 18.4 Å². The van der Waals surface area contributed by atoms with Crippen LogP contribution < -0.4 is 5.32 Å². The van der Waals surface area contributed by atoms with Crippen molar-refractivity contribution in [3.05, 3.63) is 35.4 Å². The van der Waals surface area contributed by atoms with Gasteiger partial charge >= 0.3 is 5.97 Å². The SMILES string of the molecule is CC[C@H](C)[C@H](NC(=O)C1CC1c1c(F)cccc1F)C(=O)O. The van der Waals surface area contributed by atoms with E-state index in [1.54, 1.807) is 6.92 Å². The molecule has 4 nitrogen and oxygen atoms in total. The highest BCUT2D eigenvalue weighted by Crippen LogP contribution is 2.49. The Hall–Kier alpha value is -1.98. The van der Waals surface area contributed by atoms with Gasteiger partial charge in [0.2, 0.25) is 5.91 Å². The third-order valence-corrected chi connectivity index (χ3v) is 4.27. The standard InChI is InChI=1S/C16H19F2NO3/c1-3-8(2)14(16(21)22)19-15(20)10-7-9(10)13-11(17)5-4-6-12(13)18/h4-6,8-10,14H,3,7H2,1-2H3,(H,19,20)(H,21,22)/t8-,9?,10?,14-/m0/s1. The van der Waals surface area contributed by atoms with E-state index in [-0.39, 0.29) is 11.5 Å². The first-order chi connectivity index (χ1) is 10.4. The lowest BCUT2D eigenvalue weighted by atomic mass is 9.99. The lowest BCUT2D eigenvalue weighted by molar-refractivity contribution is -0.143. The molecule has 120 valence electrons. The third kappa shape index (κ3) is 3.26. The van der Waals surface area contributed by atoms with Gasteiger partial charge in [-0.3, -0.25) is 4.79 Å². The van der Waals surface area contributed by atoms with Gasteiger partial charge in [0.1, 0.15) is 17.7 Å². The van der Waals surface area contributed by atoms with E-state index < -0.39 is 41.4 Å². The number of carboxylic acid groups (broad SMARTS) is 1. The van der Waals surface area contributed by atoms with Crippen LogP contribution in [-0.2, 0) is 9.59 Å². The van der Waals surface area contributed by atoms with E-state index in [2.05, 4.69) is 5.32 Å². The first kappa shape index (κ1) is 16.4. The van der Waals surface area contributed by atoms with Crippen LogP contribution in [0, 0.1) is 23.5 Å². The molecule has 6 heteroatoms. The van der Waals surface area contributed by atoms with Crippen LogP contribution >= 0.6 is 0 Å². The van der Waals surface area contributed by atoms with Gasteiger partial charge in [0.25, 0.3) is 0 Å². The predicted molar refractivity (Wildman–Crippen MR) is 76.2 cm³/mol. The highest BCUT2D eigenvalue weighted by Gasteiger charge is 2.47. The van der Waals surface area contributed by atoms with Crippen molar-refractivity contribution in [2.45, 2.75) is 38.6 Å². The Morgan fingerprint density at radius 2 is 1.95 bits per heavy atom. The van der Waals surface area contributed by atoms with Crippen molar-refractivity contribution in [3.63, 3.8) is 0 Å². The van der Waals surface area contributed by atoms with Crippen molar-refractivity contribution in [3.8, 4) is 0 Å². The molecule has 2 unspecified atom stereocenters. The fourth-order valence-corrected chi connectivity index (χ4v) is 2.61. The van der Waals surface area contributed by atoms with Gasteiger partial charge in [-0.15, -0.1) is 0 Å². The summed E-state index contributed by atoms with van der Waals surface area (Å²) in [5.41, 5.74) is -0.0851. The smallest absolute Gasteiger partial charge is 0.326 e. The average Bonchev–Trinajstić information content (AvgIpc) is 3.23. The first-order valence-corrected chi connectivity index (χ1v) is 7.33. The predicted octanol–water partition coefficient (Wildman–Crippen LogP) is 2.68. The number of hydrogen-bond acceptors (Lipinski definition) is 2. The summed E-state index contributed by atoms with van der Waals surface area (Å²) in [6.45, 7) is 3.57. The number of benzene rings is 1. The van der Waals surface area contributed by atoms with Crippen molar-refractivity contribution < 1.29 is 23.5 Å². The Bertz CT molecular complexity index is 571. The average molecular weight is 311 g/mol. The van der Waals surface area contributed by atoms with Gasteiger partial charge in [0, 0.05) is 17.4 Å². The van der Waals surface area contributed by atoms with Crippen LogP contribution in [0.3, 0.4) is 0 Å². The highest BCUT2D eigenvalue weighted by atomic mass is 19.1. The fourth-order valence-electron chi connectivity index (χ4n) is 2.61. The maximum Gasteiger partial charge on any atom is 0.326 e. The number of carboxylic acids is 1. The summed E-state index contributed by atoms with van der Waals surface area (Å²) < 4.78 is 27.4. The van der Waals surface area contributed by atoms with Crippen LogP contribution in [0.15, 0.2) is 18.2 Å². The molecular weight excluding hydrogens is 292 g/mol. The molecule has 1 amide bonds. The Kier molecular flexibility index (Phi) is 4.78. The van der Waals surface area contributed by atoms with E-state index in [1.807, 2.05) is 6.92 Å². The molecule has 0 aliphatic heterocycles. The second kappa shape index (κ2) is 6.42. The molecule has 1 aromatic rings. The second-order valence-electron chi connectivity index (χ2n) is 5.79. The van der Waals surface area contributed by atoms with Gasteiger partial charge in [-0.2, -0.15) is 0 Å². The number of carbonyl (C=O) groups excluding carboxylic acids is 1. The maximum absolute atomic E-state index is 13.7. The fraction of sp³-hybridized carbons (Fsp3) is 0.500. The highest BCUT2D eigenvalue weighted by molar-refractivity contribution is 5.87. The molecule has 2 N–H and O–H groups in total. The second-order valence-corrected chi connectivity index (χ2v) is 5.79. The molecule has 0 aromatic heterocycles. The molecule has 0 heterocycles. The Labute approximate surface area is 127 Å². The number of rotatable bonds is 6. The Balaban J connectivity index is 2.06. The summed E-state index contributed by atoms with van der Waals surface area (Å²) in [5, 5.41) is 11.6. The number of carbonyl (C=O) groups is 2. The molecule has 4 atom stereocenters. The minimum Gasteiger partial charge on any atom is -0.480 e. The summed E-state index contributed by atoms with van der Waals surface area (Å²) in [6.07, 6.45) is 0.934. The van der Waals surface area contributed by atoms with E-state index in [1.165, 1.54) is 6.07 Å². The lowest BCUT2D eigenvalue weighted by Crippen LogP contribution is -2.45. The van der Waals surface area contributed by atoms with Gasteiger partial charge in [-0.1, -0.05) is 26.3 Å². The molecule has 1 saturated carbocycles. The van der Waals surface area contributed by atoms with E-state index in [0.29, 0.717) is 12.8 Å². The summed E-state index contributed by atoms with van der Waals surface area (Å²) in [6, 6.07) is 2.61. The van der Waals surface area contributed by atoms with E-state index in [4.69, 9.17) is 5.11 Å². The molecule has 1 fully saturated rings. The van der Waals surface area contributed by atoms with Gasteiger partial charge in [0.05, 0.1) is 0 Å². The molecule has 0 radical (unpaired) electrons. The number of halogens is 2. The number of amides is 1. The lowest BCUT2D eigenvalue weighted by Gasteiger charge is -2.20. The molecule has 1 aliphatic carbocycles. The third-order valence-electron chi connectivity index (χ3n) is 4.27. The monoisotopic (exact) mass is 311 g/mol. The van der Waals surface area contributed by atoms with Crippen molar-refractivity contribution >= 4 is 11.9 Å². The minimum absolute atomic E-state index is 0.0851. The molecular formula is C16H19F2NO3. The normalized spacial score (nSPS) is 22.7. The molecule has 0 bridgehead atoms. The molecule has 22 heavy (non-hydrogen) atoms. The van der Waals surface area contributed by atoms with Crippen LogP contribution in [0.25, 0.3) is 0 Å². The number of aliphatic carboxylic acids is 1. The Morgan fingerprint density at radius 1 is 1.36 bits per heavy atom. The minimum atomic E-state index is -1.10. The van der Waals surface area contributed by atoms with Crippen molar-refractivity contribution in [1.29, 1.82) is 0 Å². The zero-order valence-electron chi connectivity index (χ0n) is 12.5. The number of nitrogens with one attached hydrogen (secondary N) is 1. The van der Waals surface area contributed by atoms with Crippen LogP contribution in [0.2, 0.25) is 0 Å². The number of hydrogen-bond donors (Lipinski definition) is 2. The first-order valence-electron chi connectivity index (χ1n) is 7.33. The van der Waals surface area contributed by atoms with E-state index in [0.717, 1.165) is 12.1 Å². The van der Waals surface area contributed by atoms with Crippen LogP contribution in [-0.4, -0.2) is 23.0 Å². The van der Waals surface area contributed by atoms with Crippen molar-refractivity contribution in [2.75, 3.05) is 0 Å². The maximum atomic E-state index is 13.7. The van der Waals surface area contributed by atoms with Crippen molar-refractivity contribution in [2.24, 2.45) is 11.8 Å². The summed E-state index contributed by atoms with van der Waals surface area (Å²) in [4.78, 5) is 23.3. The molecule has 0 spiro atoms. The topological polar surface area (TPSA) is 66.4 Å². The molecule has 1 aliphatic rings. The zero-order chi connectivity index (χ0) is 16.4. The molecule has 1 aromatic carbocycles. The van der Waals surface area contributed by atoms with Crippen molar-refractivity contribution in [1.82, 2.24) is 5.32 Å². The summed E-state index contributed by atoms with van der Waals surface area (Å²) in [5.74, 6) is -4.21. The Morgan fingerprint density at radius 3 is 2.45 bits per heavy atom. The van der Waals surface area contributed by atoms with Crippen LogP contribution in [0.5, 0.6) is 0 Å². The van der Waals surface area contributed by atoms with Crippen LogP contribution in [0.4, 0.5) is 8.78 Å². The van der Waals surface area contributed by atoms with Gasteiger partial charge in [-0.25, -0.2) is 13.6 Å². The largest absolute Gasteiger partial charge is 0.480 e. The molecule has 2 rings (SSSR count). The molecule has 0 saturated heterocycles. The summed E-state index contributed by atoms with van der Waals surface area (Å²) >= 11 is 0. The van der Waals surface area contributed by atoms with E-state index >= 15 is 0 Å². The quantitative estimate of drug-likeness (QED) is 0.849. The zero-order valence-corrected chi connectivity index (χ0v) is 12.5.